The van der Waals surface area contributed by atoms with E-state index in [1.54, 1.807) is 60.7 Å². The van der Waals surface area contributed by atoms with Crippen LogP contribution in [0.25, 0.3) is 22.4 Å². The van der Waals surface area contributed by atoms with Crippen LogP contribution in [0.3, 0.4) is 0 Å². The lowest BCUT2D eigenvalue weighted by molar-refractivity contribution is -0.271. The molecule has 0 spiro atoms. The van der Waals surface area contributed by atoms with Crippen molar-refractivity contribution in [2.75, 3.05) is 6.61 Å². The number of nitriles is 1. The number of benzene rings is 2. The summed E-state index contributed by atoms with van der Waals surface area (Å²) in [6.07, 6.45) is -7.52. The SMILES string of the molecule is CC(=O)OC[C@H]1O[C@@H](n2nc(-c3ccccc3)c(-c3ccccc3)c(C#N)c2=O)[C@H](OC(C)=O)[C@@H](OC(C)=O)[C@@H]1OC(C)=O. The van der Waals surface area contributed by atoms with Crippen molar-refractivity contribution in [1.29, 1.82) is 5.26 Å². The molecule has 13 nitrogen and oxygen atoms in total. The van der Waals surface area contributed by atoms with E-state index in [4.69, 9.17) is 23.7 Å². The summed E-state index contributed by atoms with van der Waals surface area (Å²) in [4.78, 5) is 62.4. The fourth-order valence-electron chi connectivity index (χ4n) is 4.91. The molecule has 0 aliphatic carbocycles. The Morgan fingerprint density at radius 3 is 1.84 bits per heavy atom. The Bertz CT molecular complexity index is 1650. The number of ether oxygens (including phenoxy) is 5. The van der Waals surface area contributed by atoms with Crippen molar-refractivity contribution in [2.45, 2.75) is 58.3 Å². The fourth-order valence-corrected chi connectivity index (χ4v) is 4.91. The Morgan fingerprint density at radius 1 is 0.795 bits per heavy atom. The molecule has 1 aliphatic rings. The minimum absolute atomic E-state index is 0.223. The molecule has 0 bridgehead atoms. The summed E-state index contributed by atoms with van der Waals surface area (Å²) in [6, 6.07) is 19.5. The first-order valence-electron chi connectivity index (χ1n) is 13.5. The van der Waals surface area contributed by atoms with Gasteiger partial charge in [0, 0.05) is 38.8 Å². The number of rotatable bonds is 8. The Hall–Kier alpha value is -5.35. The molecule has 0 N–H and O–H groups in total. The smallest absolute Gasteiger partial charge is 0.303 e. The number of carbonyl (C=O) groups excluding carboxylic acids is 4. The molecule has 4 rings (SSSR count). The first-order valence-corrected chi connectivity index (χ1v) is 13.5. The highest BCUT2D eigenvalue weighted by molar-refractivity contribution is 5.84. The summed E-state index contributed by atoms with van der Waals surface area (Å²) in [6.45, 7) is 3.91. The van der Waals surface area contributed by atoms with Gasteiger partial charge in [0.05, 0.1) is 0 Å². The van der Waals surface area contributed by atoms with E-state index in [1.807, 2.05) is 6.07 Å². The van der Waals surface area contributed by atoms with Gasteiger partial charge in [-0.25, -0.2) is 0 Å². The van der Waals surface area contributed by atoms with E-state index in [1.165, 1.54) is 0 Å². The summed E-state index contributed by atoms with van der Waals surface area (Å²) in [5, 5.41) is 14.9. The highest BCUT2D eigenvalue weighted by atomic mass is 16.7. The van der Waals surface area contributed by atoms with Crippen molar-refractivity contribution in [3.05, 3.63) is 76.6 Å². The normalized spacial score (nSPS) is 20.9. The maximum absolute atomic E-state index is 14.0. The van der Waals surface area contributed by atoms with Gasteiger partial charge in [0.15, 0.2) is 24.5 Å². The third-order valence-electron chi connectivity index (χ3n) is 6.55. The molecule has 228 valence electrons. The molecule has 0 saturated carbocycles. The van der Waals surface area contributed by atoms with Gasteiger partial charge >= 0.3 is 23.9 Å². The van der Waals surface area contributed by atoms with E-state index >= 15 is 0 Å². The summed E-state index contributed by atoms with van der Waals surface area (Å²) < 4.78 is 28.5. The second-order valence-electron chi connectivity index (χ2n) is 9.78. The van der Waals surface area contributed by atoms with E-state index in [0.29, 0.717) is 11.1 Å². The van der Waals surface area contributed by atoms with Crippen molar-refractivity contribution in [3.8, 4) is 28.5 Å². The van der Waals surface area contributed by atoms with Gasteiger partial charge in [-0.05, 0) is 5.56 Å². The standard InChI is InChI=1S/C31H29N3O10/c1-17(35)40-16-24-27(41-18(2)36)28(42-19(3)37)29(43-20(4)38)31(44-24)34-30(39)23(15-32)25(21-11-7-5-8-12-21)26(33-34)22-13-9-6-10-14-22/h5-14,24,27-29,31H,16H2,1-4H3/t24-,27-,28+,29-,31-/m1/s1. The number of aromatic nitrogens is 2. The van der Waals surface area contributed by atoms with Crippen LogP contribution >= 0.6 is 0 Å². The number of nitrogens with zero attached hydrogens (tertiary/aromatic N) is 3. The first-order chi connectivity index (χ1) is 21.0. The van der Waals surface area contributed by atoms with Crippen molar-refractivity contribution < 1.29 is 42.9 Å². The molecule has 2 aromatic carbocycles. The van der Waals surface area contributed by atoms with Crippen molar-refractivity contribution in [2.24, 2.45) is 0 Å². The predicted molar refractivity (Wildman–Crippen MR) is 151 cm³/mol. The van der Waals surface area contributed by atoms with Crippen LogP contribution in [0.2, 0.25) is 0 Å². The van der Waals surface area contributed by atoms with Gasteiger partial charge in [-0.1, -0.05) is 60.7 Å². The van der Waals surface area contributed by atoms with Crippen molar-refractivity contribution in [1.82, 2.24) is 9.78 Å². The van der Waals surface area contributed by atoms with Gasteiger partial charge in [0.25, 0.3) is 5.56 Å². The highest BCUT2D eigenvalue weighted by Gasteiger charge is 2.53. The highest BCUT2D eigenvalue weighted by Crippen LogP contribution is 2.36. The zero-order chi connectivity index (χ0) is 32.0. The van der Waals surface area contributed by atoms with Crippen molar-refractivity contribution in [3.63, 3.8) is 0 Å². The minimum Gasteiger partial charge on any atom is -0.463 e. The molecule has 44 heavy (non-hydrogen) atoms. The van der Waals surface area contributed by atoms with Gasteiger partial charge in [-0.3, -0.25) is 24.0 Å². The first kappa shape index (κ1) is 31.6. The fraction of sp³-hybridized carbons (Fsp3) is 0.323. The lowest BCUT2D eigenvalue weighted by atomic mass is 9.95. The van der Waals surface area contributed by atoms with Gasteiger partial charge in [0.1, 0.15) is 30.0 Å². The summed E-state index contributed by atoms with van der Waals surface area (Å²) in [5.41, 5.74) is 0.361. The Kier molecular flexibility index (Phi) is 9.87. The van der Waals surface area contributed by atoms with E-state index in [-0.39, 0.29) is 16.8 Å². The van der Waals surface area contributed by atoms with Crippen LogP contribution in [-0.4, -0.2) is 64.7 Å². The Labute approximate surface area is 251 Å². The maximum Gasteiger partial charge on any atom is 0.303 e. The van der Waals surface area contributed by atoms with Crippen LogP contribution < -0.4 is 5.56 Å². The van der Waals surface area contributed by atoms with Crippen LogP contribution in [0.4, 0.5) is 0 Å². The van der Waals surface area contributed by atoms with Crippen LogP contribution in [0.1, 0.15) is 39.5 Å². The zero-order valence-electron chi connectivity index (χ0n) is 24.3. The molecule has 1 fully saturated rings. The predicted octanol–water partition coefficient (Wildman–Crippen LogP) is 2.70. The molecular formula is C31H29N3O10. The summed E-state index contributed by atoms with van der Waals surface area (Å²) in [5.74, 6) is -3.18. The van der Waals surface area contributed by atoms with Crippen molar-refractivity contribution >= 4 is 23.9 Å². The molecule has 0 unspecified atom stereocenters. The molecule has 2 heterocycles. The number of esters is 4. The van der Waals surface area contributed by atoms with E-state index in [0.717, 1.165) is 32.4 Å². The van der Waals surface area contributed by atoms with Crippen LogP contribution in [0.15, 0.2) is 65.5 Å². The lowest BCUT2D eigenvalue weighted by Crippen LogP contribution is -2.61. The van der Waals surface area contributed by atoms with Crippen LogP contribution in [0.5, 0.6) is 0 Å². The third kappa shape index (κ3) is 6.99. The Balaban J connectivity index is 2.01. The monoisotopic (exact) mass is 603 g/mol. The summed E-state index contributed by atoms with van der Waals surface area (Å²) in [7, 11) is 0. The van der Waals surface area contributed by atoms with Gasteiger partial charge in [-0.15, -0.1) is 0 Å². The van der Waals surface area contributed by atoms with Crippen LogP contribution in [-0.2, 0) is 42.9 Å². The molecule has 1 saturated heterocycles. The molecule has 0 radical (unpaired) electrons. The molecule has 13 heteroatoms. The van der Waals surface area contributed by atoms with E-state index < -0.39 is 66.7 Å². The van der Waals surface area contributed by atoms with Gasteiger partial charge < -0.3 is 23.7 Å². The zero-order valence-corrected chi connectivity index (χ0v) is 24.3. The molecule has 1 aliphatic heterocycles. The topological polar surface area (TPSA) is 173 Å². The minimum atomic E-state index is -1.64. The van der Waals surface area contributed by atoms with Crippen LogP contribution in [0, 0.1) is 11.3 Å². The number of hydrogen-bond acceptors (Lipinski definition) is 12. The Morgan fingerprint density at radius 2 is 1.32 bits per heavy atom. The average Bonchev–Trinajstić information content (AvgIpc) is 2.98. The quantitative estimate of drug-likeness (QED) is 0.272. The van der Waals surface area contributed by atoms with E-state index in [2.05, 4.69) is 5.10 Å². The molecule has 0 amide bonds. The maximum atomic E-state index is 14.0. The van der Waals surface area contributed by atoms with E-state index in [9.17, 15) is 29.2 Å². The number of carbonyl (C=O) groups is 4. The molecule has 5 atom stereocenters. The second-order valence-corrected chi connectivity index (χ2v) is 9.78. The largest absolute Gasteiger partial charge is 0.463 e. The summed E-state index contributed by atoms with van der Waals surface area (Å²) >= 11 is 0. The molecule has 3 aromatic rings. The molecule has 1 aromatic heterocycles. The van der Waals surface area contributed by atoms with Gasteiger partial charge in [0.2, 0.25) is 0 Å². The third-order valence-corrected chi connectivity index (χ3v) is 6.55. The lowest BCUT2D eigenvalue weighted by Gasteiger charge is -2.44. The second kappa shape index (κ2) is 13.7. The van der Waals surface area contributed by atoms with Gasteiger partial charge in [-0.2, -0.15) is 15.0 Å². The molecular weight excluding hydrogens is 574 g/mol. The number of hydrogen-bond donors (Lipinski definition) is 0. The average molecular weight is 604 g/mol.